The lowest BCUT2D eigenvalue weighted by Gasteiger charge is -2.30. The predicted molar refractivity (Wildman–Crippen MR) is 139 cm³/mol. The Bertz CT molecular complexity index is 1250. The van der Waals surface area contributed by atoms with Crippen LogP contribution in [0.15, 0.2) is 61.2 Å². The van der Waals surface area contributed by atoms with Crippen LogP contribution in [0.4, 0.5) is 17.6 Å². The SMILES string of the molecule is C=CCCOc1ccc(-c2ccc(COc3ccc(C4CCC(C(C)O)CC4)c(F)c3F)cc2)c(F)c1F. The molecule has 1 N–H and O–H groups in total. The standard InChI is InChI=1S/C31H32F4O3/c1-3-4-17-37-26-15-13-24(28(32)30(26)34)22-7-5-20(6-8-22)18-38-27-16-14-25(29(33)31(27)35)23-11-9-21(10-12-23)19(2)36/h3,5-8,13-16,19,21,23,36H,1,4,9-12,17-18H2,2H3. The highest BCUT2D eigenvalue weighted by Gasteiger charge is 2.28. The van der Waals surface area contributed by atoms with Gasteiger partial charge in [-0.15, -0.1) is 6.58 Å². The molecule has 0 radical (unpaired) electrons. The Kier molecular flexibility index (Phi) is 9.10. The summed E-state index contributed by atoms with van der Waals surface area (Å²) in [5.41, 5.74) is 1.53. The van der Waals surface area contributed by atoms with Crippen LogP contribution in [0.25, 0.3) is 11.1 Å². The van der Waals surface area contributed by atoms with Gasteiger partial charge in [-0.2, -0.15) is 8.78 Å². The maximum Gasteiger partial charge on any atom is 0.201 e. The molecule has 0 amide bonds. The van der Waals surface area contributed by atoms with E-state index in [-0.39, 0.29) is 42.1 Å². The highest BCUT2D eigenvalue weighted by Crippen LogP contribution is 2.39. The van der Waals surface area contributed by atoms with Crippen LogP contribution in [0, 0.1) is 29.2 Å². The van der Waals surface area contributed by atoms with Crippen molar-refractivity contribution in [1.82, 2.24) is 0 Å². The van der Waals surface area contributed by atoms with Gasteiger partial charge in [-0.1, -0.05) is 36.4 Å². The number of hydrogen-bond donors (Lipinski definition) is 1. The summed E-state index contributed by atoms with van der Waals surface area (Å²) >= 11 is 0. The average molecular weight is 529 g/mol. The lowest BCUT2D eigenvalue weighted by atomic mass is 9.77. The number of aliphatic hydroxyl groups is 1. The van der Waals surface area contributed by atoms with Gasteiger partial charge in [0.05, 0.1) is 12.7 Å². The number of hydrogen-bond acceptors (Lipinski definition) is 3. The monoisotopic (exact) mass is 528 g/mol. The third-order valence-electron chi connectivity index (χ3n) is 7.26. The Labute approximate surface area is 220 Å². The molecule has 3 nitrogen and oxygen atoms in total. The molecule has 1 unspecified atom stereocenters. The van der Waals surface area contributed by atoms with E-state index in [1.807, 2.05) is 0 Å². The second-order valence-electron chi connectivity index (χ2n) is 9.78. The summed E-state index contributed by atoms with van der Waals surface area (Å²) in [7, 11) is 0. The molecular weight excluding hydrogens is 496 g/mol. The summed E-state index contributed by atoms with van der Waals surface area (Å²) in [6, 6.07) is 12.4. The van der Waals surface area contributed by atoms with E-state index in [0.29, 0.717) is 36.0 Å². The third-order valence-corrected chi connectivity index (χ3v) is 7.26. The second-order valence-corrected chi connectivity index (χ2v) is 9.78. The van der Waals surface area contributed by atoms with Gasteiger partial charge in [0.25, 0.3) is 0 Å². The van der Waals surface area contributed by atoms with Crippen LogP contribution >= 0.6 is 0 Å². The molecule has 0 spiro atoms. The quantitative estimate of drug-likeness (QED) is 0.164. The topological polar surface area (TPSA) is 38.7 Å². The molecule has 1 aliphatic carbocycles. The van der Waals surface area contributed by atoms with Crippen LogP contribution in [0.1, 0.15) is 56.1 Å². The zero-order valence-corrected chi connectivity index (χ0v) is 21.4. The van der Waals surface area contributed by atoms with Gasteiger partial charge in [0, 0.05) is 5.56 Å². The Morgan fingerprint density at radius 1 is 0.842 bits per heavy atom. The van der Waals surface area contributed by atoms with Crippen molar-refractivity contribution < 1.29 is 32.1 Å². The fourth-order valence-corrected chi connectivity index (χ4v) is 4.95. The van der Waals surface area contributed by atoms with Crippen molar-refractivity contribution in [2.75, 3.05) is 6.61 Å². The number of halogens is 4. The smallest absolute Gasteiger partial charge is 0.201 e. The van der Waals surface area contributed by atoms with Crippen molar-refractivity contribution >= 4 is 0 Å². The van der Waals surface area contributed by atoms with E-state index in [9.17, 15) is 22.7 Å². The number of aliphatic hydroxyl groups excluding tert-OH is 1. The van der Waals surface area contributed by atoms with Gasteiger partial charge in [0.1, 0.15) is 6.61 Å². The second kappa shape index (κ2) is 12.5. The molecule has 0 bridgehead atoms. The van der Waals surface area contributed by atoms with Crippen molar-refractivity contribution in [3.8, 4) is 22.6 Å². The van der Waals surface area contributed by atoms with Crippen molar-refractivity contribution in [3.63, 3.8) is 0 Å². The van der Waals surface area contributed by atoms with Crippen LogP contribution in [0.5, 0.6) is 11.5 Å². The minimum atomic E-state index is -1.06. The fourth-order valence-electron chi connectivity index (χ4n) is 4.95. The molecule has 0 heterocycles. The Balaban J connectivity index is 1.39. The van der Waals surface area contributed by atoms with Gasteiger partial charge in [-0.05, 0) is 85.8 Å². The molecule has 1 aliphatic rings. The molecule has 0 saturated heterocycles. The summed E-state index contributed by atoms with van der Waals surface area (Å²) < 4.78 is 69.5. The van der Waals surface area contributed by atoms with Crippen LogP contribution in [-0.2, 0) is 6.61 Å². The van der Waals surface area contributed by atoms with Gasteiger partial charge < -0.3 is 14.6 Å². The summed E-state index contributed by atoms with van der Waals surface area (Å²) in [5, 5.41) is 9.77. The molecule has 3 aromatic carbocycles. The molecular formula is C31H32F4O3. The molecule has 7 heteroatoms. The first-order valence-corrected chi connectivity index (χ1v) is 12.9. The first-order chi connectivity index (χ1) is 18.3. The van der Waals surface area contributed by atoms with Gasteiger partial charge in [0.2, 0.25) is 11.6 Å². The Morgan fingerprint density at radius 3 is 2.13 bits per heavy atom. The molecule has 1 fully saturated rings. The minimum absolute atomic E-state index is 0.0254. The summed E-state index contributed by atoms with van der Waals surface area (Å²) in [4.78, 5) is 0. The van der Waals surface area contributed by atoms with E-state index in [0.717, 1.165) is 12.8 Å². The molecule has 1 saturated carbocycles. The van der Waals surface area contributed by atoms with Crippen LogP contribution in [-0.4, -0.2) is 17.8 Å². The molecule has 38 heavy (non-hydrogen) atoms. The number of ether oxygens (including phenoxy) is 2. The van der Waals surface area contributed by atoms with Gasteiger partial charge in [-0.3, -0.25) is 0 Å². The minimum Gasteiger partial charge on any atom is -0.490 e. The van der Waals surface area contributed by atoms with Crippen LogP contribution in [0.3, 0.4) is 0 Å². The first-order valence-electron chi connectivity index (χ1n) is 12.9. The Hall–Kier alpha value is -3.32. The molecule has 202 valence electrons. The first kappa shape index (κ1) is 27.7. The highest BCUT2D eigenvalue weighted by atomic mass is 19.2. The van der Waals surface area contributed by atoms with E-state index in [1.54, 1.807) is 43.3 Å². The molecule has 1 atom stereocenters. The van der Waals surface area contributed by atoms with Crippen molar-refractivity contribution in [2.45, 2.75) is 57.7 Å². The number of rotatable bonds is 10. The summed E-state index contributed by atoms with van der Waals surface area (Å²) in [6.07, 6.45) is 4.71. The van der Waals surface area contributed by atoms with Gasteiger partial charge >= 0.3 is 0 Å². The predicted octanol–water partition coefficient (Wildman–Crippen LogP) is 8.10. The molecule has 0 aliphatic heterocycles. The van der Waals surface area contributed by atoms with Gasteiger partial charge in [0.15, 0.2) is 23.1 Å². The van der Waals surface area contributed by atoms with E-state index in [1.165, 1.54) is 18.2 Å². The van der Waals surface area contributed by atoms with E-state index < -0.39 is 29.4 Å². The largest absolute Gasteiger partial charge is 0.490 e. The van der Waals surface area contributed by atoms with Crippen LogP contribution < -0.4 is 9.47 Å². The normalized spacial score (nSPS) is 18.2. The van der Waals surface area contributed by atoms with Crippen molar-refractivity contribution in [1.29, 1.82) is 0 Å². The van der Waals surface area contributed by atoms with E-state index >= 15 is 0 Å². The summed E-state index contributed by atoms with van der Waals surface area (Å²) in [6.45, 7) is 5.50. The third kappa shape index (κ3) is 6.21. The molecule has 0 aromatic heterocycles. The molecule has 4 rings (SSSR count). The van der Waals surface area contributed by atoms with Crippen molar-refractivity contribution in [2.24, 2.45) is 5.92 Å². The van der Waals surface area contributed by atoms with Gasteiger partial charge in [-0.25, -0.2) is 8.78 Å². The maximum absolute atomic E-state index is 14.9. The van der Waals surface area contributed by atoms with E-state index in [4.69, 9.17) is 9.47 Å². The Morgan fingerprint density at radius 2 is 1.47 bits per heavy atom. The zero-order valence-electron chi connectivity index (χ0n) is 21.4. The average Bonchev–Trinajstić information content (AvgIpc) is 2.92. The summed E-state index contributed by atoms with van der Waals surface area (Å²) in [5.74, 6) is -4.22. The number of benzene rings is 3. The lowest BCUT2D eigenvalue weighted by Crippen LogP contribution is -2.23. The highest BCUT2D eigenvalue weighted by molar-refractivity contribution is 5.65. The lowest BCUT2D eigenvalue weighted by molar-refractivity contribution is 0.0963. The van der Waals surface area contributed by atoms with Crippen molar-refractivity contribution in [3.05, 3.63) is 95.6 Å². The molecule has 3 aromatic rings. The maximum atomic E-state index is 14.9. The fraction of sp³-hybridized carbons (Fsp3) is 0.355. The van der Waals surface area contributed by atoms with E-state index in [2.05, 4.69) is 6.58 Å². The van der Waals surface area contributed by atoms with Crippen LogP contribution in [0.2, 0.25) is 0 Å². The zero-order chi connectivity index (χ0) is 27.2.